The first-order valence-electron chi connectivity index (χ1n) is 9.66. The van der Waals surface area contributed by atoms with Gasteiger partial charge in [0.05, 0.1) is 23.7 Å². The Morgan fingerprint density at radius 2 is 1.03 bits per heavy atom. The van der Waals surface area contributed by atoms with Gasteiger partial charge in [0, 0.05) is 11.3 Å². The van der Waals surface area contributed by atoms with Crippen LogP contribution in [0, 0.1) is 47.3 Å². The van der Waals surface area contributed by atoms with Gasteiger partial charge in [0.1, 0.15) is 0 Å². The van der Waals surface area contributed by atoms with Crippen LogP contribution in [0.5, 0.6) is 0 Å². The Kier molecular flexibility index (Phi) is 6.39. The SMILES string of the molecule is NS(=O)[O-].O=C(O)C1C2CCC(C2)C1C(=O)OC(=O)[C@H]1[C@H]2CC[C@H](C2)[C@H]1C(=O)O. The molecule has 11 heteroatoms. The highest BCUT2D eigenvalue weighted by atomic mass is 32.2. The standard InChI is InChI=1S/C18H22O7.H3NO2S/c19-15(20)11-7-1-3-9(5-7)13(11)17(23)25-18(24)14-10-4-2-8(6-10)12(14)16(21)22;1-4(2)3/h7-14H,1-6H2,(H,19,20)(H,21,22);1H2,(H,2,3)/p-1/t7-,8?,9+,10?,11-,12?,13+,14?;/m1./s1. The van der Waals surface area contributed by atoms with E-state index in [1.807, 2.05) is 0 Å². The molecule has 10 nitrogen and oxygen atoms in total. The van der Waals surface area contributed by atoms with E-state index in [9.17, 15) is 29.4 Å². The molecule has 0 aromatic rings. The fourth-order valence-corrected chi connectivity index (χ4v) is 6.21. The van der Waals surface area contributed by atoms with Gasteiger partial charge in [-0.2, -0.15) is 0 Å². The van der Waals surface area contributed by atoms with E-state index in [4.69, 9.17) is 13.5 Å². The number of ether oxygens (including phenoxy) is 1. The molecule has 4 fully saturated rings. The van der Waals surface area contributed by atoms with Crippen LogP contribution in [-0.2, 0) is 35.2 Å². The van der Waals surface area contributed by atoms with Gasteiger partial charge in [0.25, 0.3) is 0 Å². The fourth-order valence-electron chi connectivity index (χ4n) is 6.21. The minimum atomic E-state index is -2.36. The molecule has 0 saturated heterocycles. The summed E-state index contributed by atoms with van der Waals surface area (Å²) in [5, 5.41) is 22.9. The van der Waals surface area contributed by atoms with Crippen LogP contribution >= 0.6 is 0 Å². The van der Waals surface area contributed by atoms with E-state index in [1.165, 1.54) is 0 Å². The van der Waals surface area contributed by atoms with Crippen LogP contribution in [0.15, 0.2) is 0 Å². The molecule has 4 aliphatic carbocycles. The number of carboxylic acids is 2. The van der Waals surface area contributed by atoms with E-state index in [0.717, 1.165) is 25.7 Å². The van der Waals surface area contributed by atoms with Crippen molar-refractivity contribution in [3.63, 3.8) is 0 Å². The second-order valence-corrected chi connectivity index (χ2v) is 8.97. The van der Waals surface area contributed by atoms with Crippen LogP contribution in [0.2, 0.25) is 0 Å². The van der Waals surface area contributed by atoms with Crippen LogP contribution in [-0.4, -0.2) is 42.9 Å². The third-order valence-electron chi connectivity index (χ3n) is 7.15. The van der Waals surface area contributed by atoms with Gasteiger partial charge in [-0.05, 0) is 62.2 Å². The van der Waals surface area contributed by atoms with Crippen LogP contribution in [0.25, 0.3) is 0 Å². The quantitative estimate of drug-likeness (QED) is 0.320. The van der Waals surface area contributed by atoms with Crippen LogP contribution in [0.3, 0.4) is 0 Å². The van der Waals surface area contributed by atoms with E-state index in [0.29, 0.717) is 12.8 Å². The summed E-state index contributed by atoms with van der Waals surface area (Å²) in [5.74, 6) is -6.80. The number of aliphatic carboxylic acids is 2. The first kappa shape index (κ1) is 21.8. The molecule has 4 bridgehead atoms. The third kappa shape index (κ3) is 4.22. The minimum Gasteiger partial charge on any atom is -0.760 e. The Morgan fingerprint density at radius 3 is 1.31 bits per heavy atom. The molecular weight excluding hydrogens is 406 g/mol. The van der Waals surface area contributed by atoms with E-state index in [-0.39, 0.29) is 23.7 Å². The summed E-state index contributed by atoms with van der Waals surface area (Å²) in [7, 11) is 0. The zero-order valence-electron chi connectivity index (χ0n) is 15.6. The van der Waals surface area contributed by atoms with Crippen LogP contribution < -0.4 is 5.14 Å². The number of carbonyl (C=O) groups is 4. The largest absolute Gasteiger partial charge is 0.760 e. The number of carboxylic acid groups (broad SMARTS) is 2. The Morgan fingerprint density at radius 1 is 0.759 bits per heavy atom. The molecule has 0 radical (unpaired) electrons. The van der Waals surface area contributed by atoms with E-state index < -0.39 is 58.8 Å². The molecule has 29 heavy (non-hydrogen) atoms. The molecule has 0 aromatic heterocycles. The van der Waals surface area contributed by atoms with Crippen molar-refractivity contribution < 1.29 is 42.9 Å². The molecule has 4 aliphatic rings. The van der Waals surface area contributed by atoms with Gasteiger partial charge in [-0.15, -0.1) is 0 Å². The summed E-state index contributed by atoms with van der Waals surface area (Å²) in [5.41, 5.74) is 0. The number of carbonyl (C=O) groups excluding carboxylic acids is 2. The van der Waals surface area contributed by atoms with Crippen molar-refractivity contribution >= 4 is 35.1 Å². The van der Waals surface area contributed by atoms with Crippen molar-refractivity contribution in [2.45, 2.75) is 38.5 Å². The molecule has 0 aliphatic heterocycles. The van der Waals surface area contributed by atoms with Gasteiger partial charge in [0.2, 0.25) is 0 Å². The van der Waals surface area contributed by atoms with E-state index >= 15 is 0 Å². The summed E-state index contributed by atoms with van der Waals surface area (Å²) < 4.78 is 22.6. The van der Waals surface area contributed by atoms with Crippen molar-refractivity contribution in [1.29, 1.82) is 0 Å². The zero-order chi connectivity index (χ0) is 21.5. The third-order valence-corrected chi connectivity index (χ3v) is 7.15. The molecule has 0 heterocycles. The molecule has 162 valence electrons. The van der Waals surface area contributed by atoms with Gasteiger partial charge >= 0.3 is 23.9 Å². The first-order chi connectivity index (χ1) is 13.6. The van der Waals surface area contributed by atoms with Crippen molar-refractivity contribution in [2.24, 2.45) is 52.5 Å². The maximum atomic E-state index is 12.5. The lowest BCUT2D eigenvalue weighted by Crippen LogP contribution is -2.40. The Hall–Kier alpha value is -1.85. The zero-order valence-corrected chi connectivity index (χ0v) is 16.4. The predicted octanol–water partition coefficient (Wildman–Crippen LogP) is 0.289. The molecule has 4 saturated carbocycles. The second kappa shape index (κ2) is 8.49. The normalized spacial score (nSPS) is 40.1. The molecule has 9 atom stereocenters. The maximum Gasteiger partial charge on any atom is 0.317 e. The number of esters is 2. The summed E-state index contributed by atoms with van der Waals surface area (Å²) in [4.78, 5) is 48.1. The number of nitrogens with two attached hydrogens (primary N) is 1. The summed E-state index contributed by atoms with van der Waals surface area (Å²) >= 11 is -2.36. The molecule has 5 unspecified atom stereocenters. The fraction of sp³-hybridized carbons (Fsp3) is 0.778. The average Bonchev–Trinajstić information content (AvgIpc) is 3.38. The van der Waals surface area contributed by atoms with Gasteiger partial charge in [-0.25, -0.2) is 0 Å². The van der Waals surface area contributed by atoms with Gasteiger partial charge < -0.3 is 19.5 Å². The van der Waals surface area contributed by atoms with Crippen molar-refractivity contribution in [3.8, 4) is 0 Å². The monoisotopic (exact) mass is 430 g/mol. The molecule has 0 spiro atoms. The van der Waals surface area contributed by atoms with Crippen LogP contribution in [0.4, 0.5) is 0 Å². The minimum absolute atomic E-state index is 0.0237. The first-order valence-corrected chi connectivity index (χ1v) is 10.8. The highest BCUT2D eigenvalue weighted by Gasteiger charge is 2.58. The molecule has 4 rings (SSSR count). The topological polar surface area (TPSA) is 184 Å². The lowest BCUT2D eigenvalue weighted by atomic mass is 9.78. The molecule has 0 amide bonds. The Labute approximate surface area is 169 Å². The maximum absolute atomic E-state index is 12.5. The van der Waals surface area contributed by atoms with Gasteiger partial charge in [0.15, 0.2) is 0 Å². The Bertz CT molecular complexity index is 683. The second-order valence-electron chi connectivity index (χ2n) is 8.45. The number of rotatable bonds is 4. The number of fused-ring (bicyclic) bond motifs is 4. The molecule has 0 aromatic carbocycles. The average molecular weight is 430 g/mol. The number of hydrogen-bond donors (Lipinski definition) is 3. The lowest BCUT2D eigenvalue weighted by molar-refractivity contribution is -0.175. The highest BCUT2D eigenvalue weighted by molar-refractivity contribution is 7.76. The van der Waals surface area contributed by atoms with E-state index in [2.05, 4.69) is 5.14 Å². The lowest BCUT2D eigenvalue weighted by Gasteiger charge is -2.28. The van der Waals surface area contributed by atoms with E-state index in [1.54, 1.807) is 0 Å². The van der Waals surface area contributed by atoms with Crippen molar-refractivity contribution in [3.05, 3.63) is 0 Å². The predicted molar refractivity (Wildman–Crippen MR) is 95.1 cm³/mol. The molecule has 4 N–H and O–H groups in total. The summed E-state index contributed by atoms with van der Waals surface area (Å²) in [6, 6.07) is 0. The van der Waals surface area contributed by atoms with Crippen molar-refractivity contribution in [1.82, 2.24) is 0 Å². The Balaban J connectivity index is 0.000000552. The smallest absolute Gasteiger partial charge is 0.317 e. The van der Waals surface area contributed by atoms with Crippen LogP contribution in [0.1, 0.15) is 38.5 Å². The highest BCUT2D eigenvalue weighted by Crippen LogP contribution is 2.54. The summed E-state index contributed by atoms with van der Waals surface area (Å²) in [6.45, 7) is 0. The number of hydrogen-bond acceptors (Lipinski definition) is 7. The molecular formula is C18H24NO9S-. The van der Waals surface area contributed by atoms with Gasteiger partial charge in [-0.3, -0.25) is 28.5 Å². The van der Waals surface area contributed by atoms with Crippen molar-refractivity contribution in [2.75, 3.05) is 0 Å². The van der Waals surface area contributed by atoms with Gasteiger partial charge in [-0.1, -0.05) is 0 Å². The summed E-state index contributed by atoms with van der Waals surface area (Å²) in [6.07, 6.45) is 4.55.